The Morgan fingerprint density at radius 3 is 2.24 bits per heavy atom. The van der Waals surface area contributed by atoms with Gasteiger partial charge < -0.3 is 15.4 Å². The summed E-state index contributed by atoms with van der Waals surface area (Å²) in [6.07, 6.45) is 0.217. The molecular weight excluding hydrogens is 212 g/mol. The quantitative estimate of drug-likeness (QED) is 0.797. The van der Waals surface area contributed by atoms with Crippen molar-refractivity contribution in [3.8, 4) is 5.75 Å². The molecule has 2 N–H and O–H groups in total. The molecule has 1 aromatic carbocycles. The van der Waals surface area contributed by atoms with Gasteiger partial charge in [-0.3, -0.25) is 0 Å². The summed E-state index contributed by atoms with van der Waals surface area (Å²) in [4.78, 5) is 0. The summed E-state index contributed by atoms with van der Waals surface area (Å²) < 4.78 is 5.61. The Balaban J connectivity index is 2.62. The molecule has 0 aliphatic rings. The third-order valence-corrected chi connectivity index (χ3v) is 2.33. The number of rotatable bonds is 6. The van der Waals surface area contributed by atoms with E-state index >= 15 is 0 Å². The van der Waals surface area contributed by atoms with Crippen LogP contribution in [0.5, 0.6) is 5.75 Å². The second-order valence-corrected chi connectivity index (χ2v) is 5.23. The van der Waals surface area contributed by atoms with Crippen molar-refractivity contribution in [2.75, 3.05) is 18.9 Å². The maximum atomic E-state index is 5.61. The monoisotopic (exact) mass is 236 g/mol. The molecule has 0 aromatic heterocycles. The Kier molecular flexibility index (Phi) is 4.82. The van der Waals surface area contributed by atoms with E-state index in [1.54, 1.807) is 0 Å². The van der Waals surface area contributed by atoms with Crippen LogP contribution in [0, 0.1) is 0 Å². The van der Waals surface area contributed by atoms with E-state index in [0.29, 0.717) is 0 Å². The molecule has 3 heteroatoms. The Morgan fingerprint density at radius 2 is 1.76 bits per heavy atom. The zero-order valence-corrected chi connectivity index (χ0v) is 11.5. The summed E-state index contributed by atoms with van der Waals surface area (Å²) in [7, 11) is 1.96. The van der Waals surface area contributed by atoms with E-state index in [2.05, 4.69) is 36.6 Å². The third-order valence-electron chi connectivity index (χ3n) is 2.33. The largest absolute Gasteiger partial charge is 0.491 e. The maximum Gasteiger partial charge on any atom is 0.119 e. The van der Waals surface area contributed by atoms with Gasteiger partial charge in [-0.2, -0.15) is 0 Å². The van der Waals surface area contributed by atoms with Crippen molar-refractivity contribution in [2.24, 2.45) is 0 Å². The molecular formula is C14H24N2O. The first-order valence-electron chi connectivity index (χ1n) is 6.12. The smallest absolute Gasteiger partial charge is 0.119 e. The van der Waals surface area contributed by atoms with Crippen molar-refractivity contribution in [1.29, 1.82) is 0 Å². The second kappa shape index (κ2) is 5.92. The fourth-order valence-corrected chi connectivity index (χ4v) is 1.77. The van der Waals surface area contributed by atoms with Crippen LogP contribution >= 0.6 is 0 Å². The van der Waals surface area contributed by atoms with Gasteiger partial charge in [-0.05, 0) is 59.0 Å². The normalized spacial score (nSPS) is 11.6. The van der Waals surface area contributed by atoms with Crippen LogP contribution in [0.2, 0.25) is 0 Å². The van der Waals surface area contributed by atoms with E-state index in [1.165, 1.54) is 0 Å². The highest BCUT2D eigenvalue weighted by Gasteiger charge is 2.15. The highest BCUT2D eigenvalue weighted by Crippen LogP contribution is 2.19. The van der Waals surface area contributed by atoms with Crippen molar-refractivity contribution >= 4 is 5.69 Å². The van der Waals surface area contributed by atoms with Crippen molar-refractivity contribution in [2.45, 2.75) is 39.3 Å². The van der Waals surface area contributed by atoms with Crippen LogP contribution < -0.4 is 15.4 Å². The summed E-state index contributed by atoms with van der Waals surface area (Å²) in [6.45, 7) is 9.31. The number of benzene rings is 1. The van der Waals surface area contributed by atoms with Gasteiger partial charge in [0.25, 0.3) is 0 Å². The Bertz CT molecular complexity index is 331. The number of nitrogens with one attached hydrogen (secondary N) is 2. The molecule has 0 fully saturated rings. The van der Waals surface area contributed by atoms with E-state index in [-0.39, 0.29) is 11.6 Å². The minimum absolute atomic E-state index is 0.0369. The molecule has 0 atom stereocenters. The zero-order chi connectivity index (χ0) is 12.9. The van der Waals surface area contributed by atoms with E-state index in [9.17, 15) is 0 Å². The molecule has 0 bridgehead atoms. The molecule has 0 heterocycles. The predicted molar refractivity (Wildman–Crippen MR) is 73.8 cm³/mol. The maximum absolute atomic E-state index is 5.61. The zero-order valence-electron chi connectivity index (χ0n) is 11.5. The number of ether oxygens (including phenoxy) is 1. The summed E-state index contributed by atoms with van der Waals surface area (Å²) in [5, 5.41) is 6.66. The van der Waals surface area contributed by atoms with Crippen LogP contribution in [-0.2, 0) is 0 Å². The molecule has 0 amide bonds. The lowest BCUT2D eigenvalue weighted by molar-refractivity contribution is 0.242. The Morgan fingerprint density at radius 1 is 1.18 bits per heavy atom. The average molecular weight is 236 g/mol. The third kappa shape index (κ3) is 5.09. The van der Waals surface area contributed by atoms with Gasteiger partial charge in [0, 0.05) is 17.8 Å². The molecule has 17 heavy (non-hydrogen) atoms. The molecule has 0 spiro atoms. The topological polar surface area (TPSA) is 33.3 Å². The van der Waals surface area contributed by atoms with Gasteiger partial charge >= 0.3 is 0 Å². The minimum Gasteiger partial charge on any atom is -0.491 e. The first-order valence-corrected chi connectivity index (χ1v) is 6.12. The standard InChI is InChI=1S/C14H24N2O/c1-11(2)17-13-8-6-12(7-9-13)16-14(3,4)10-15-5/h6-9,11,15-16H,10H2,1-5H3. The molecule has 1 aromatic rings. The van der Waals surface area contributed by atoms with Gasteiger partial charge in [0.15, 0.2) is 0 Å². The van der Waals surface area contributed by atoms with Crippen LogP contribution in [0.4, 0.5) is 5.69 Å². The number of hydrogen-bond donors (Lipinski definition) is 2. The number of anilines is 1. The van der Waals surface area contributed by atoms with Crippen LogP contribution in [0.1, 0.15) is 27.7 Å². The van der Waals surface area contributed by atoms with Crippen molar-refractivity contribution in [3.63, 3.8) is 0 Å². The van der Waals surface area contributed by atoms with Crippen molar-refractivity contribution in [1.82, 2.24) is 5.32 Å². The lowest BCUT2D eigenvalue weighted by Crippen LogP contribution is -2.40. The highest BCUT2D eigenvalue weighted by atomic mass is 16.5. The SMILES string of the molecule is CNCC(C)(C)Nc1ccc(OC(C)C)cc1. The molecule has 1 rings (SSSR count). The molecule has 3 nitrogen and oxygen atoms in total. The fraction of sp³-hybridized carbons (Fsp3) is 0.571. The van der Waals surface area contributed by atoms with Crippen LogP contribution in [0.15, 0.2) is 24.3 Å². The van der Waals surface area contributed by atoms with Crippen molar-refractivity contribution in [3.05, 3.63) is 24.3 Å². The van der Waals surface area contributed by atoms with Crippen LogP contribution in [0.3, 0.4) is 0 Å². The van der Waals surface area contributed by atoms with Gasteiger partial charge in [0.2, 0.25) is 0 Å². The van der Waals surface area contributed by atoms with Gasteiger partial charge in [0.1, 0.15) is 5.75 Å². The highest BCUT2D eigenvalue weighted by molar-refractivity contribution is 5.48. The predicted octanol–water partition coefficient (Wildman–Crippen LogP) is 2.88. The first kappa shape index (κ1) is 13.8. The number of hydrogen-bond acceptors (Lipinski definition) is 3. The molecule has 0 unspecified atom stereocenters. The molecule has 0 saturated carbocycles. The molecule has 0 saturated heterocycles. The summed E-state index contributed by atoms with van der Waals surface area (Å²) >= 11 is 0. The van der Waals surface area contributed by atoms with E-state index in [0.717, 1.165) is 18.0 Å². The Labute approximate surface area is 105 Å². The number of likely N-dealkylation sites (N-methyl/N-ethyl adjacent to an activating group) is 1. The molecule has 0 radical (unpaired) electrons. The van der Waals surface area contributed by atoms with Gasteiger partial charge in [-0.25, -0.2) is 0 Å². The molecule has 96 valence electrons. The lowest BCUT2D eigenvalue weighted by atomic mass is 10.1. The summed E-state index contributed by atoms with van der Waals surface area (Å²) in [5.74, 6) is 0.914. The van der Waals surface area contributed by atoms with Crippen LogP contribution in [0.25, 0.3) is 0 Å². The summed E-state index contributed by atoms with van der Waals surface area (Å²) in [6, 6.07) is 8.10. The molecule has 0 aliphatic carbocycles. The molecule has 0 aliphatic heterocycles. The fourth-order valence-electron chi connectivity index (χ4n) is 1.77. The van der Waals surface area contributed by atoms with E-state index < -0.39 is 0 Å². The first-order chi connectivity index (χ1) is 7.93. The van der Waals surface area contributed by atoms with Crippen LogP contribution in [-0.4, -0.2) is 25.2 Å². The van der Waals surface area contributed by atoms with Gasteiger partial charge in [0.05, 0.1) is 6.10 Å². The van der Waals surface area contributed by atoms with Gasteiger partial charge in [-0.15, -0.1) is 0 Å². The second-order valence-electron chi connectivity index (χ2n) is 5.23. The van der Waals surface area contributed by atoms with Crippen molar-refractivity contribution < 1.29 is 4.74 Å². The lowest BCUT2D eigenvalue weighted by Gasteiger charge is -2.27. The average Bonchev–Trinajstić information content (AvgIpc) is 2.19. The van der Waals surface area contributed by atoms with Gasteiger partial charge in [-0.1, -0.05) is 0 Å². The van der Waals surface area contributed by atoms with E-state index in [1.807, 2.05) is 33.0 Å². The Hall–Kier alpha value is -1.22. The summed E-state index contributed by atoms with van der Waals surface area (Å²) in [5.41, 5.74) is 1.15. The van der Waals surface area contributed by atoms with E-state index in [4.69, 9.17) is 4.74 Å². The minimum atomic E-state index is 0.0369.